The van der Waals surface area contributed by atoms with Crippen LogP contribution in [0.25, 0.3) is 10.2 Å². The number of carbonyl (C=O) groups excluding carboxylic acids is 2. The van der Waals surface area contributed by atoms with Crippen molar-refractivity contribution < 1.29 is 14.3 Å². The van der Waals surface area contributed by atoms with Crippen molar-refractivity contribution >= 4 is 62.5 Å². The lowest BCUT2D eigenvalue weighted by Gasteiger charge is -2.33. The SMILES string of the molecule is CC[C@@]1(C)Cc2c(sc3nc(SC)nc(SCC(=O)Nc4ccc(C(C)=O)cc4)c23)CO1. The number of thiophene rings is 1. The van der Waals surface area contributed by atoms with Crippen molar-refractivity contribution in [1.29, 1.82) is 0 Å². The number of rotatable bonds is 7. The van der Waals surface area contributed by atoms with E-state index in [2.05, 4.69) is 19.2 Å². The highest BCUT2D eigenvalue weighted by Crippen LogP contribution is 2.43. The third kappa shape index (κ3) is 4.85. The summed E-state index contributed by atoms with van der Waals surface area (Å²) in [6.45, 7) is 6.41. The Balaban J connectivity index is 1.56. The van der Waals surface area contributed by atoms with Gasteiger partial charge < -0.3 is 10.1 Å². The number of hydrogen-bond acceptors (Lipinski definition) is 8. The van der Waals surface area contributed by atoms with E-state index in [0.717, 1.165) is 28.1 Å². The maximum atomic E-state index is 12.6. The predicted octanol–water partition coefficient (Wildman–Crippen LogP) is 5.59. The molecule has 1 aliphatic rings. The average Bonchev–Trinajstić information content (AvgIpc) is 3.15. The van der Waals surface area contributed by atoms with Crippen molar-refractivity contribution in [2.75, 3.05) is 17.3 Å². The molecule has 1 aromatic carbocycles. The molecular formula is C23H25N3O3S3. The van der Waals surface area contributed by atoms with E-state index >= 15 is 0 Å². The van der Waals surface area contributed by atoms with Crippen LogP contribution in [-0.4, -0.2) is 39.3 Å². The van der Waals surface area contributed by atoms with Gasteiger partial charge >= 0.3 is 0 Å². The van der Waals surface area contributed by atoms with Crippen molar-refractivity contribution in [3.8, 4) is 0 Å². The quantitative estimate of drug-likeness (QED) is 0.201. The van der Waals surface area contributed by atoms with Crippen molar-refractivity contribution in [1.82, 2.24) is 9.97 Å². The van der Waals surface area contributed by atoms with Gasteiger partial charge in [-0.25, -0.2) is 9.97 Å². The third-order valence-electron chi connectivity index (χ3n) is 5.63. The highest BCUT2D eigenvalue weighted by molar-refractivity contribution is 8.00. The molecule has 3 aromatic rings. The van der Waals surface area contributed by atoms with E-state index in [0.29, 0.717) is 23.0 Å². The van der Waals surface area contributed by atoms with Crippen molar-refractivity contribution in [2.24, 2.45) is 0 Å². The van der Waals surface area contributed by atoms with Gasteiger partial charge in [0.05, 0.1) is 18.0 Å². The van der Waals surface area contributed by atoms with Crippen LogP contribution in [-0.2, 0) is 22.6 Å². The smallest absolute Gasteiger partial charge is 0.234 e. The number of ether oxygens (including phenoxy) is 1. The Morgan fingerprint density at radius 2 is 2.00 bits per heavy atom. The molecule has 2 aromatic heterocycles. The van der Waals surface area contributed by atoms with Crippen molar-refractivity contribution in [3.05, 3.63) is 40.3 Å². The summed E-state index contributed by atoms with van der Waals surface area (Å²) in [6.07, 6.45) is 3.71. The van der Waals surface area contributed by atoms with Crippen molar-refractivity contribution in [3.63, 3.8) is 0 Å². The number of benzene rings is 1. The molecule has 1 atom stereocenters. The molecule has 3 heterocycles. The number of anilines is 1. The molecule has 6 nitrogen and oxygen atoms in total. The van der Waals surface area contributed by atoms with Gasteiger partial charge in [0, 0.05) is 27.9 Å². The lowest BCUT2D eigenvalue weighted by Crippen LogP contribution is -2.33. The number of nitrogens with one attached hydrogen (secondary N) is 1. The molecule has 168 valence electrons. The summed E-state index contributed by atoms with van der Waals surface area (Å²) < 4.78 is 6.12. The molecule has 1 aliphatic heterocycles. The molecule has 4 rings (SSSR count). The number of aromatic nitrogens is 2. The number of Topliss-reactive ketones (excluding diaryl/α,β-unsaturated/α-hetero) is 1. The summed E-state index contributed by atoms with van der Waals surface area (Å²) in [5, 5.41) is 5.51. The van der Waals surface area contributed by atoms with E-state index in [4.69, 9.17) is 14.7 Å². The molecule has 32 heavy (non-hydrogen) atoms. The zero-order chi connectivity index (χ0) is 22.9. The highest BCUT2D eigenvalue weighted by atomic mass is 32.2. The van der Waals surface area contributed by atoms with E-state index in [9.17, 15) is 9.59 Å². The summed E-state index contributed by atoms with van der Waals surface area (Å²) >= 11 is 4.60. The largest absolute Gasteiger partial charge is 0.369 e. The Morgan fingerprint density at radius 1 is 1.25 bits per heavy atom. The van der Waals surface area contributed by atoms with Gasteiger partial charge in [-0.3, -0.25) is 9.59 Å². The van der Waals surface area contributed by atoms with E-state index in [1.807, 2.05) is 6.26 Å². The Kier molecular flexibility index (Phi) is 6.90. The Bertz CT molecular complexity index is 1180. The van der Waals surface area contributed by atoms with Crippen LogP contribution in [0, 0.1) is 0 Å². The maximum absolute atomic E-state index is 12.6. The minimum absolute atomic E-state index is 0.000486. The zero-order valence-electron chi connectivity index (χ0n) is 18.5. The van der Waals surface area contributed by atoms with Crippen LogP contribution in [0.1, 0.15) is 48.0 Å². The van der Waals surface area contributed by atoms with Gasteiger partial charge in [-0.05, 0) is 56.4 Å². The van der Waals surface area contributed by atoms with Gasteiger partial charge in [-0.15, -0.1) is 11.3 Å². The molecule has 0 saturated carbocycles. The summed E-state index contributed by atoms with van der Waals surface area (Å²) in [4.78, 5) is 35.7. The predicted molar refractivity (Wildman–Crippen MR) is 132 cm³/mol. The number of hydrogen-bond donors (Lipinski definition) is 1. The number of nitrogens with zero attached hydrogens (tertiary/aromatic N) is 2. The molecule has 0 saturated heterocycles. The monoisotopic (exact) mass is 487 g/mol. The highest BCUT2D eigenvalue weighted by Gasteiger charge is 2.33. The van der Waals surface area contributed by atoms with Crippen LogP contribution in [0.4, 0.5) is 5.69 Å². The van der Waals surface area contributed by atoms with E-state index in [1.54, 1.807) is 35.6 Å². The van der Waals surface area contributed by atoms with Gasteiger partial charge in [-0.2, -0.15) is 0 Å². The number of ketones is 1. The van der Waals surface area contributed by atoms with Crippen LogP contribution in [0.3, 0.4) is 0 Å². The van der Waals surface area contributed by atoms with Crippen molar-refractivity contribution in [2.45, 2.75) is 56.0 Å². The fourth-order valence-electron chi connectivity index (χ4n) is 3.56. The minimum Gasteiger partial charge on any atom is -0.369 e. The molecule has 0 aliphatic carbocycles. The second kappa shape index (κ2) is 9.51. The zero-order valence-corrected chi connectivity index (χ0v) is 20.9. The first kappa shape index (κ1) is 23.2. The Hall–Kier alpha value is -1.94. The first-order valence-electron chi connectivity index (χ1n) is 10.4. The molecule has 0 unspecified atom stereocenters. The molecule has 0 spiro atoms. The first-order valence-corrected chi connectivity index (χ1v) is 13.4. The number of fused-ring (bicyclic) bond motifs is 3. The third-order valence-corrected chi connectivity index (χ3v) is 8.25. The average molecular weight is 488 g/mol. The van der Waals surface area contributed by atoms with E-state index < -0.39 is 0 Å². The van der Waals surface area contributed by atoms with Crippen LogP contribution in [0.5, 0.6) is 0 Å². The molecule has 1 amide bonds. The Morgan fingerprint density at radius 3 is 2.66 bits per heavy atom. The number of carbonyl (C=O) groups is 2. The van der Waals surface area contributed by atoms with E-state index in [1.165, 1.54) is 40.9 Å². The molecule has 9 heteroatoms. The van der Waals surface area contributed by atoms with E-state index in [-0.39, 0.29) is 23.0 Å². The van der Waals surface area contributed by atoms with Gasteiger partial charge in [0.15, 0.2) is 10.9 Å². The molecule has 0 fully saturated rings. The fourth-order valence-corrected chi connectivity index (χ4v) is 6.07. The molecular weight excluding hydrogens is 462 g/mol. The van der Waals surface area contributed by atoms with Crippen LogP contribution < -0.4 is 5.32 Å². The van der Waals surface area contributed by atoms with Gasteiger partial charge in [-0.1, -0.05) is 30.4 Å². The summed E-state index contributed by atoms with van der Waals surface area (Å²) in [5.41, 5.74) is 2.36. The second-order valence-corrected chi connectivity index (χ2v) is 10.8. The fraction of sp³-hybridized carbons (Fsp3) is 0.391. The lowest BCUT2D eigenvalue weighted by molar-refractivity contribution is -0.113. The Labute approximate surface area is 199 Å². The summed E-state index contributed by atoms with van der Waals surface area (Å²) in [5.74, 6) is 0.119. The molecule has 1 N–H and O–H groups in total. The first-order chi connectivity index (χ1) is 15.3. The number of amides is 1. The van der Waals surface area contributed by atoms with Gasteiger partial charge in [0.25, 0.3) is 0 Å². The van der Waals surface area contributed by atoms with Crippen LogP contribution in [0.2, 0.25) is 0 Å². The van der Waals surface area contributed by atoms with Gasteiger partial charge in [0.2, 0.25) is 5.91 Å². The molecule has 0 radical (unpaired) electrons. The standard InChI is InChI=1S/C23H25N3O3S3/c1-5-23(3)10-16-17(11-29-23)32-21-19(16)20(25-22(26-21)30-4)31-12-18(28)24-15-8-6-14(7-9-15)13(2)27/h6-9H,5,10-12H2,1-4H3,(H,24,28)/t23-/m0/s1. The summed E-state index contributed by atoms with van der Waals surface area (Å²) in [7, 11) is 0. The normalized spacial score (nSPS) is 17.9. The minimum atomic E-state index is -0.190. The van der Waals surface area contributed by atoms with Crippen LogP contribution >= 0.6 is 34.9 Å². The topological polar surface area (TPSA) is 81.2 Å². The lowest BCUT2D eigenvalue weighted by atomic mass is 9.90. The number of thioether (sulfide) groups is 2. The van der Waals surface area contributed by atoms with Gasteiger partial charge in [0.1, 0.15) is 9.86 Å². The maximum Gasteiger partial charge on any atom is 0.234 e. The summed E-state index contributed by atoms with van der Waals surface area (Å²) in [6, 6.07) is 6.92. The molecule has 0 bridgehead atoms. The second-order valence-electron chi connectivity index (χ2n) is 7.94. The van der Waals surface area contributed by atoms with Crippen LogP contribution in [0.15, 0.2) is 34.4 Å².